The molecule has 1 aromatic heterocycles. The fourth-order valence-corrected chi connectivity index (χ4v) is 9.09. The Balaban J connectivity index is 0.796. The van der Waals surface area contributed by atoms with Crippen LogP contribution in [0.25, 0.3) is 0 Å². The molecule has 4 N–H and O–H groups in total. The van der Waals surface area contributed by atoms with Gasteiger partial charge in [0.05, 0.1) is 61.9 Å². The van der Waals surface area contributed by atoms with Crippen molar-refractivity contribution in [1.82, 2.24) is 30.4 Å². The molecule has 4 aliphatic heterocycles. The number of benzene rings is 2. The van der Waals surface area contributed by atoms with Crippen molar-refractivity contribution in [3.63, 3.8) is 0 Å². The average molecular weight is 919 g/mol. The lowest BCUT2D eigenvalue weighted by Gasteiger charge is -2.32. The Morgan fingerprint density at radius 2 is 1.73 bits per heavy atom. The van der Waals surface area contributed by atoms with Crippen LogP contribution in [0.15, 0.2) is 36.5 Å². The molecule has 7 amide bonds. The van der Waals surface area contributed by atoms with E-state index in [-0.39, 0.29) is 103 Å². The number of likely N-dealkylation sites (tertiary alicyclic amines) is 1. The molecule has 19 nitrogen and oxygen atoms in total. The molecule has 1 atom stereocenters. The first kappa shape index (κ1) is 45.7. The fourth-order valence-electron chi connectivity index (χ4n) is 9.09. The summed E-state index contributed by atoms with van der Waals surface area (Å²) in [6.45, 7) is 0.395. The van der Waals surface area contributed by atoms with E-state index in [0.29, 0.717) is 44.5 Å². The highest BCUT2D eigenvalue weighted by molar-refractivity contribution is 6.25. The normalized spacial score (nSPS) is 20.0. The Morgan fingerprint density at radius 1 is 0.970 bits per heavy atom. The number of alkyl halides is 2. The zero-order valence-electron chi connectivity index (χ0n) is 36.3. The van der Waals surface area contributed by atoms with Crippen molar-refractivity contribution in [3.8, 4) is 5.75 Å². The zero-order chi connectivity index (χ0) is 46.9. The number of imide groups is 2. The largest absolute Gasteiger partial charge is 0.495 e. The van der Waals surface area contributed by atoms with Crippen molar-refractivity contribution in [2.45, 2.75) is 81.8 Å². The molecule has 1 unspecified atom stereocenters. The molecule has 0 bridgehead atoms. The minimum absolute atomic E-state index is 0.0144. The van der Waals surface area contributed by atoms with Crippen LogP contribution < -0.4 is 35.8 Å². The van der Waals surface area contributed by atoms with Gasteiger partial charge in [-0.2, -0.15) is 13.8 Å². The third-order valence-electron chi connectivity index (χ3n) is 12.6. The van der Waals surface area contributed by atoms with Crippen LogP contribution in [0.3, 0.4) is 0 Å². The number of methoxy groups -OCH3 is 1. The Morgan fingerprint density at radius 3 is 2.45 bits per heavy atom. The van der Waals surface area contributed by atoms with Crippen molar-refractivity contribution in [1.29, 1.82) is 0 Å². The molecule has 1 saturated carbocycles. The zero-order valence-corrected chi connectivity index (χ0v) is 36.3. The number of anilines is 5. The van der Waals surface area contributed by atoms with Gasteiger partial charge in [0.2, 0.25) is 23.7 Å². The summed E-state index contributed by atoms with van der Waals surface area (Å²) in [6.07, 6.45) is 5.29. The third-order valence-corrected chi connectivity index (χ3v) is 12.6. The van der Waals surface area contributed by atoms with Crippen LogP contribution in [0.4, 0.5) is 42.0 Å². The number of hydrogen-bond donors (Lipinski definition) is 4. The number of hydrogen-bond acceptors (Lipinski definition) is 14. The SMILES string of the molecule is COc1cc(C(=O)NC2CCN(C(=O)CCOCCNc3cccc4c3C(=O)N(C3CCC(=O)NC3=O)C4=O)CC2)c(F)cc1Nc1ncc2c(n1)N(C1CCCC1)CC(F)(F)C(=O)N2C. The summed E-state index contributed by atoms with van der Waals surface area (Å²) < 4.78 is 56.9. The highest BCUT2D eigenvalue weighted by atomic mass is 19.3. The van der Waals surface area contributed by atoms with Gasteiger partial charge in [0.25, 0.3) is 23.6 Å². The van der Waals surface area contributed by atoms with Crippen molar-refractivity contribution in [2.75, 3.05) is 74.0 Å². The van der Waals surface area contributed by atoms with E-state index in [0.717, 1.165) is 28.7 Å². The van der Waals surface area contributed by atoms with Gasteiger partial charge in [0.1, 0.15) is 23.3 Å². The molecule has 3 fully saturated rings. The molecule has 0 radical (unpaired) electrons. The number of nitrogens with one attached hydrogen (secondary N) is 4. The van der Waals surface area contributed by atoms with Crippen molar-refractivity contribution >= 4 is 70.2 Å². The fraction of sp³-hybridized carbons (Fsp3) is 0.477. The number of piperidine rings is 2. The van der Waals surface area contributed by atoms with Crippen LogP contribution >= 0.6 is 0 Å². The van der Waals surface area contributed by atoms with Gasteiger partial charge in [-0.05, 0) is 50.3 Å². The van der Waals surface area contributed by atoms with E-state index in [4.69, 9.17) is 9.47 Å². The lowest BCUT2D eigenvalue weighted by molar-refractivity contribution is -0.140. The maximum atomic E-state index is 15.6. The van der Waals surface area contributed by atoms with Crippen LogP contribution in [-0.4, -0.2) is 139 Å². The first-order chi connectivity index (χ1) is 31.6. The maximum absolute atomic E-state index is 15.6. The molecule has 5 aliphatic rings. The summed E-state index contributed by atoms with van der Waals surface area (Å²) in [6, 6.07) is 5.35. The van der Waals surface area contributed by atoms with Gasteiger partial charge in [-0.25, -0.2) is 9.37 Å². The Bertz CT molecular complexity index is 2460. The molecular weight excluding hydrogens is 870 g/mol. The van der Waals surface area contributed by atoms with E-state index in [1.807, 2.05) is 0 Å². The number of ether oxygens (including phenoxy) is 2. The van der Waals surface area contributed by atoms with E-state index in [2.05, 4.69) is 31.2 Å². The average Bonchev–Trinajstić information content (AvgIpc) is 3.91. The minimum atomic E-state index is -3.66. The van der Waals surface area contributed by atoms with E-state index >= 15 is 13.2 Å². The molecule has 1 aliphatic carbocycles. The van der Waals surface area contributed by atoms with Gasteiger partial charge in [-0.3, -0.25) is 43.8 Å². The Hall–Kier alpha value is -6.84. The molecular formula is C44H49F3N10O9. The number of aromatic nitrogens is 2. The van der Waals surface area contributed by atoms with Crippen LogP contribution in [0.2, 0.25) is 0 Å². The van der Waals surface area contributed by atoms with E-state index in [1.165, 1.54) is 37.4 Å². The third kappa shape index (κ3) is 9.18. The maximum Gasteiger partial charge on any atom is 0.342 e. The molecule has 22 heteroatoms. The van der Waals surface area contributed by atoms with Gasteiger partial charge >= 0.3 is 5.92 Å². The topological polar surface area (TPSA) is 225 Å². The first-order valence-corrected chi connectivity index (χ1v) is 21.8. The van der Waals surface area contributed by atoms with E-state index in [9.17, 15) is 33.6 Å². The number of rotatable bonds is 14. The molecule has 66 heavy (non-hydrogen) atoms. The van der Waals surface area contributed by atoms with Crippen LogP contribution in [0, 0.1) is 5.82 Å². The van der Waals surface area contributed by atoms with Crippen LogP contribution in [0.1, 0.15) is 88.9 Å². The number of fused-ring (bicyclic) bond motifs is 2. The second-order valence-electron chi connectivity index (χ2n) is 16.8. The summed E-state index contributed by atoms with van der Waals surface area (Å²) >= 11 is 0. The first-order valence-electron chi connectivity index (χ1n) is 21.8. The molecule has 2 saturated heterocycles. The predicted octanol–water partition coefficient (Wildman–Crippen LogP) is 3.37. The van der Waals surface area contributed by atoms with Gasteiger partial charge in [0, 0.05) is 56.9 Å². The predicted molar refractivity (Wildman–Crippen MR) is 230 cm³/mol. The summed E-state index contributed by atoms with van der Waals surface area (Å²) in [5.41, 5.74) is 0.567. The lowest BCUT2D eigenvalue weighted by Crippen LogP contribution is -2.54. The van der Waals surface area contributed by atoms with Gasteiger partial charge in [-0.15, -0.1) is 0 Å². The summed E-state index contributed by atoms with van der Waals surface area (Å²) in [5, 5.41) is 11.0. The van der Waals surface area contributed by atoms with E-state index in [1.54, 1.807) is 17.0 Å². The van der Waals surface area contributed by atoms with Gasteiger partial charge in [-0.1, -0.05) is 18.9 Å². The summed E-state index contributed by atoms with van der Waals surface area (Å²) in [7, 11) is 2.58. The molecule has 3 aromatic rings. The number of amides is 7. The van der Waals surface area contributed by atoms with Crippen molar-refractivity contribution in [3.05, 3.63) is 59.0 Å². The monoisotopic (exact) mass is 918 g/mol. The van der Waals surface area contributed by atoms with Crippen LogP contribution in [0.5, 0.6) is 5.75 Å². The highest BCUT2D eigenvalue weighted by Crippen LogP contribution is 2.40. The van der Waals surface area contributed by atoms with E-state index < -0.39 is 59.8 Å². The summed E-state index contributed by atoms with van der Waals surface area (Å²) in [4.78, 5) is 103. The highest BCUT2D eigenvalue weighted by Gasteiger charge is 2.49. The smallest absolute Gasteiger partial charge is 0.342 e. The molecule has 0 spiro atoms. The second-order valence-corrected chi connectivity index (χ2v) is 16.8. The van der Waals surface area contributed by atoms with Crippen molar-refractivity contribution in [2.24, 2.45) is 0 Å². The number of nitrogens with zero attached hydrogens (tertiary/aromatic N) is 6. The number of carbonyl (C=O) groups excluding carboxylic acids is 7. The van der Waals surface area contributed by atoms with Gasteiger partial charge in [0.15, 0.2) is 5.82 Å². The molecule has 8 rings (SSSR count). The number of carbonyl (C=O) groups is 7. The number of halogens is 3. The van der Waals surface area contributed by atoms with Crippen LogP contribution in [-0.2, 0) is 23.9 Å². The molecule has 350 valence electrons. The lowest BCUT2D eigenvalue weighted by atomic mass is 10.0. The molecule has 2 aromatic carbocycles. The Kier molecular flexibility index (Phi) is 13.1. The van der Waals surface area contributed by atoms with Crippen molar-refractivity contribution < 1.29 is 56.2 Å². The minimum Gasteiger partial charge on any atom is -0.495 e. The second kappa shape index (κ2) is 18.9. The Labute approximate surface area is 376 Å². The summed E-state index contributed by atoms with van der Waals surface area (Å²) in [5.74, 6) is -8.96. The van der Waals surface area contributed by atoms with Gasteiger partial charge < -0.3 is 40.1 Å². The quantitative estimate of drug-likeness (QED) is 0.135. The molecule has 5 heterocycles. The standard InChI is InChI=1S/C44H49F3N10O9/c1-54-32-22-49-43(53-37(32)56(25-6-3-4-7-25)23-44(46,47)42(54)64)51-30-21-28(45)27(20-33(30)65-2)38(60)50-24-12-16-55(17-13-24)35(59)14-18-66-19-15-48-29-9-5-8-26-36(29)41(63)57(40(26)62)31-10-11-34(58)52-39(31)61/h5,8-9,20-22,24-25,31,48H,3-4,6-7,10-19,23H2,1-2H3,(H,50,60)(H,49,51,53)(H,52,58,61).